The van der Waals surface area contributed by atoms with Gasteiger partial charge in [-0.25, -0.2) is 0 Å². The monoisotopic (exact) mass is 308 g/mol. The number of anilines is 1. The normalized spacial score (nSPS) is 26.0. The summed E-state index contributed by atoms with van der Waals surface area (Å²) in [5, 5.41) is 15.7. The highest BCUT2D eigenvalue weighted by Gasteiger charge is 2.68. The predicted molar refractivity (Wildman–Crippen MR) is 86.0 cm³/mol. The van der Waals surface area contributed by atoms with E-state index in [2.05, 4.69) is 10.5 Å². The highest BCUT2D eigenvalue weighted by Crippen LogP contribution is 2.54. The van der Waals surface area contributed by atoms with E-state index in [1.54, 1.807) is 6.07 Å². The largest absolute Gasteiger partial charge is 0.476 e. The topological polar surface area (TPSA) is 70.9 Å². The molecule has 0 radical (unpaired) electrons. The number of fused-ring (bicyclic) bond motifs is 2. The summed E-state index contributed by atoms with van der Waals surface area (Å²) in [6.07, 6.45) is 0.513. The third kappa shape index (κ3) is 2.08. The summed E-state index contributed by atoms with van der Waals surface area (Å²) in [5.74, 6) is 0.156. The average Bonchev–Trinajstić information content (AvgIpc) is 3.30. The van der Waals surface area contributed by atoms with Crippen molar-refractivity contribution in [2.24, 2.45) is 11.1 Å². The van der Waals surface area contributed by atoms with Gasteiger partial charge < -0.3 is 15.3 Å². The number of oxime groups is 1. The molecule has 2 aliphatic rings. The predicted octanol–water partition coefficient (Wildman–Crippen LogP) is 2.96. The first-order valence-corrected chi connectivity index (χ1v) is 7.52. The zero-order valence-corrected chi connectivity index (χ0v) is 12.6. The molecular weight excluding hydrogens is 292 g/mol. The van der Waals surface area contributed by atoms with Gasteiger partial charge in [0.05, 0.1) is 11.6 Å². The van der Waals surface area contributed by atoms with Gasteiger partial charge in [0.1, 0.15) is 5.75 Å². The van der Waals surface area contributed by atoms with Crippen LogP contribution in [0, 0.1) is 12.8 Å². The van der Waals surface area contributed by atoms with Crippen LogP contribution >= 0.6 is 0 Å². The molecule has 0 saturated heterocycles. The van der Waals surface area contributed by atoms with E-state index in [0.29, 0.717) is 17.9 Å². The van der Waals surface area contributed by atoms with Gasteiger partial charge in [-0.15, -0.1) is 0 Å². The van der Waals surface area contributed by atoms with Crippen LogP contribution in [0.2, 0.25) is 0 Å². The molecule has 0 bridgehead atoms. The van der Waals surface area contributed by atoms with Crippen molar-refractivity contribution in [3.8, 4) is 5.75 Å². The number of ether oxygens (including phenoxy) is 1. The number of hydrogen-bond donors (Lipinski definition) is 2. The zero-order valence-electron chi connectivity index (χ0n) is 12.6. The Kier molecular flexibility index (Phi) is 2.91. The molecule has 1 heterocycles. The van der Waals surface area contributed by atoms with Gasteiger partial charge in [-0.2, -0.15) is 0 Å². The zero-order chi connectivity index (χ0) is 16.0. The Labute approximate surface area is 133 Å². The van der Waals surface area contributed by atoms with Crippen molar-refractivity contribution in [3.05, 3.63) is 59.7 Å². The summed E-state index contributed by atoms with van der Waals surface area (Å²) < 4.78 is 5.98. The lowest BCUT2D eigenvalue weighted by Crippen LogP contribution is -2.41. The number of carbonyl (C=O) groups excluding carboxylic acids is 1. The molecule has 2 N–H and O–H groups in total. The molecule has 4 rings (SSSR count). The van der Waals surface area contributed by atoms with E-state index in [1.807, 2.05) is 49.4 Å². The lowest BCUT2D eigenvalue weighted by atomic mass is 9.99. The van der Waals surface area contributed by atoms with E-state index < -0.39 is 5.60 Å². The molecule has 1 aliphatic carbocycles. The Morgan fingerprint density at radius 1 is 1.26 bits per heavy atom. The Morgan fingerprint density at radius 3 is 2.74 bits per heavy atom. The quantitative estimate of drug-likeness (QED) is 0.662. The molecule has 1 aliphatic heterocycles. The van der Waals surface area contributed by atoms with Gasteiger partial charge in [-0.05, 0) is 31.2 Å². The maximum atomic E-state index is 12.7. The smallest absolute Gasteiger partial charge is 0.269 e. The van der Waals surface area contributed by atoms with Crippen LogP contribution in [0.4, 0.5) is 5.69 Å². The minimum Gasteiger partial charge on any atom is -0.476 e. The SMILES string of the molecule is Cc1ccc(NC(=O)[C@]23C[C@@H]2/C(=N/O)c2ccccc2O3)cc1. The van der Waals surface area contributed by atoms with Gasteiger partial charge in [-0.1, -0.05) is 35.0 Å². The standard InChI is InChI=1S/C18H16N2O3/c1-11-6-8-12(9-7-11)19-17(21)18-10-14(18)16(20-22)13-4-2-3-5-15(13)23-18/h2-9,14,22H,10H2,1H3,(H,19,21)/b20-16+/t14-,18+/m1/s1. The van der Waals surface area contributed by atoms with E-state index in [0.717, 1.165) is 16.8 Å². The van der Waals surface area contributed by atoms with E-state index >= 15 is 0 Å². The van der Waals surface area contributed by atoms with Gasteiger partial charge in [0.2, 0.25) is 0 Å². The van der Waals surface area contributed by atoms with Crippen molar-refractivity contribution in [1.29, 1.82) is 0 Å². The highest BCUT2D eigenvalue weighted by molar-refractivity contribution is 6.15. The summed E-state index contributed by atoms with van der Waals surface area (Å²) in [7, 11) is 0. The van der Waals surface area contributed by atoms with E-state index in [1.165, 1.54) is 0 Å². The third-order valence-electron chi connectivity index (χ3n) is 4.50. The van der Waals surface area contributed by atoms with Crippen LogP contribution in [-0.2, 0) is 4.79 Å². The number of amides is 1. The molecule has 0 aromatic heterocycles. The number of aryl methyl sites for hydroxylation is 1. The highest BCUT2D eigenvalue weighted by atomic mass is 16.5. The first kappa shape index (κ1) is 13.8. The third-order valence-corrected chi connectivity index (χ3v) is 4.50. The fourth-order valence-corrected chi connectivity index (χ4v) is 3.12. The maximum Gasteiger partial charge on any atom is 0.269 e. The Bertz CT molecular complexity index is 813. The molecule has 0 spiro atoms. The molecule has 1 amide bonds. The lowest BCUT2D eigenvalue weighted by Gasteiger charge is -2.25. The number of hydrogen-bond acceptors (Lipinski definition) is 4. The van der Waals surface area contributed by atoms with Crippen molar-refractivity contribution >= 4 is 17.3 Å². The van der Waals surface area contributed by atoms with Gasteiger partial charge >= 0.3 is 0 Å². The van der Waals surface area contributed by atoms with Crippen molar-refractivity contribution in [1.82, 2.24) is 0 Å². The second-order valence-corrected chi connectivity index (χ2v) is 6.05. The Hall–Kier alpha value is -2.82. The van der Waals surface area contributed by atoms with E-state index in [4.69, 9.17) is 4.74 Å². The Balaban J connectivity index is 1.63. The second-order valence-electron chi connectivity index (χ2n) is 6.05. The van der Waals surface area contributed by atoms with Crippen molar-refractivity contribution in [2.45, 2.75) is 18.9 Å². The molecule has 23 heavy (non-hydrogen) atoms. The lowest BCUT2D eigenvalue weighted by molar-refractivity contribution is -0.125. The molecule has 5 heteroatoms. The molecule has 2 atom stereocenters. The van der Waals surface area contributed by atoms with E-state index in [-0.39, 0.29) is 11.8 Å². The van der Waals surface area contributed by atoms with Crippen LogP contribution in [0.3, 0.4) is 0 Å². The molecule has 2 aromatic rings. The number of nitrogens with zero attached hydrogens (tertiary/aromatic N) is 1. The van der Waals surface area contributed by atoms with Gasteiger partial charge in [0.25, 0.3) is 5.91 Å². The van der Waals surface area contributed by atoms with Crippen LogP contribution in [0.15, 0.2) is 53.7 Å². The summed E-state index contributed by atoms with van der Waals surface area (Å²) >= 11 is 0. The van der Waals surface area contributed by atoms with Crippen molar-refractivity contribution in [2.75, 3.05) is 5.32 Å². The first-order valence-electron chi connectivity index (χ1n) is 7.52. The van der Waals surface area contributed by atoms with Crippen molar-refractivity contribution in [3.63, 3.8) is 0 Å². The molecule has 1 fully saturated rings. The van der Waals surface area contributed by atoms with Crippen LogP contribution in [-0.4, -0.2) is 22.4 Å². The van der Waals surface area contributed by atoms with Gasteiger partial charge in [0.15, 0.2) is 5.60 Å². The second kappa shape index (κ2) is 4.84. The minimum absolute atomic E-state index is 0.206. The van der Waals surface area contributed by atoms with E-state index in [9.17, 15) is 10.0 Å². The van der Waals surface area contributed by atoms with Crippen LogP contribution in [0.5, 0.6) is 5.75 Å². The summed E-state index contributed by atoms with van der Waals surface area (Å²) in [5.41, 5.74) is 2.15. The number of para-hydroxylation sites is 1. The van der Waals surface area contributed by atoms with Gasteiger partial charge in [-0.3, -0.25) is 4.79 Å². The summed E-state index contributed by atoms with van der Waals surface area (Å²) in [6, 6.07) is 14.9. The number of rotatable bonds is 2. The fourth-order valence-electron chi connectivity index (χ4n) is 3.12. The average molecular weight is 308 g/mol. The fraction of sp³-hybridized carbons (Fsp3) is 0.222. The molecular formula is C18H16N2O3. The maximum absolute atomic E-state index is 12.7. The summed E-state index contributed by atoms with van der Waals surface area (Å²) in [6.45, 7) is 1.99. The molecule has 0 unspecified atom stereocenters. The van der Waals surface area contributed by atoms with Crippen molar-refractivity contribution < 1.29 is 14.7 Å². The number of nitrogens with one attached hydrogen (secondary N) is 1. The number of carbonyl (C=O) groups is 1. The van der Waals surface area contributed by atoms with Crippen LogP contribution in [0.1, 0.15) is 17.5 Å². The van der Waals surface area contributed by atoms with Crippen LogP contribution in [0.25, 0.3) is 0 Å². The first-order chi connectivity index (χ1) is 11.1. The van der Waals surface area contributed by atoms with Crippen LogP contribution < -0.4 is 10.1 Å². The van der Waals surface area contributed by atoms with Gasteiger partial charge in [0, 0.05) is 17.7 Å². The molecule has 2 aromatic carbocycles. The Morgan fingerprint density at radius 2 is 2.00 bits per heavy atom. The number of benzene rings is 2. The summed E-state index contributed by atoms with van der Waals surface area (Å²) in [4.78, 5) is 12.7. The molecule has 1 saturated carbocycles. The molecule has 116 valence electrons. The minimum atomic E-state index is -0.971. The molecule has 5 nitrogen and oxygen atoms in total.